The molecule has 0 aromatic heterocycles. The monoisotopic (exact) mass is 406 g/mol. The van der Waals surface area contributed by atoms with Crippen molar-refractivity contribution in [2.24, 2.45) is 0 Å². The van der Waals surface area contributed by atoms with E-state index in [1.165, 1.54) is 86.9 Å². The molecule has 2 rings (SSSR count). The first-order valence-corrected chi connectivity index (χ1v) is 15.1. The van der Waals surface area contributed by atoms with E-state index in [4.69, 9.17) is 0 Å². The molecule has 0 aliphatic heterocycles. The lowest BCUT2D eigenvalue weighted by Gasteiger charge is -2.24. The second-order valence-corrected chi connectivity index (χ2v) is 14.0. The zero-order valence-corrected chi connectivity index (χ0v) is 20.2. The van der Waals surface area contributed by atoms with Crippen molar-refractivity contribution >= 4 is 19.3 Å². The predicted molar refractivity (Wildman–Crippen MR) is 136 cm³/mol. The highest BCUT2D eigenvalue weighted by Gasteiger charge is 2.23. The topological polar surface area (TPSA) is 0 Å². The van der Waals surface area contributed by atoms with Crippen molar-refractivity contribution in [3.8, 4) is 11.1 Å². The van der Waals surface area contributed by atoms with Crippen LogP contribution in [0.2, 0.25) is 19.1 Å². The molecule has 0 heterocycles. The Balaban J connectivity index is 1.81. The van der Waals surface area contributed by atoms with Crippen LogP contribution in [0.3, 0.4) is 0 Å². The van der Waals surface area contributed by atoms with Gasteiger partial charge in [-0.25, -0.2) is 0 Å². The van der Waals surface area contributed by atoms with Gasteiger partial charge in [-0.15, -0.1) is 0 Å². The lowest BCUT2D eigenvalue weighted by Crippen LogP contribution is -2.41. The minimum absolute atomic E-state index is 1.22. The Morgan fingerprint density at radius 3 is 2.03 bits per heavy atom. The molecule has 2 aromatic carbocycles. The molecule has 0 aliphatic carbocycles. The zero-order chi connectivity index (χ0) is 21.0. The molecule has 29 heavy (non-hydrogen) atoms. The van der Waals surface area contributed by atoms with Gasteiger partial charge < -0.3 is 0 Å². The van der Waals surface area contributed by atoms with E-state index in [1.807, 2.05) is 6.08 Å². The summed E-state index contributed by atoms with van der Waals surface area (Å²) in [5, 5.41) is 1.59. The quantitative estimate of drug-likeness (QED) is 0.217. The average Bonchev–Trinajstić information content (AvgIpc) is 2.75. The normalized spacial score (nSPS) is 11.6. The highest BCUT2D eigenvalue weighted by Crippen LogP contribution is 2.25. The molecule has 0 saturated carbocycles. The van der Waals surface area contributed by atoms with Gasteiger partial charge in [0.15, 0.2) is 0 Å². The molecule has 0 radical (unpaired) electrons. The molecule has 0 N–H and O–H groups in total. The molecule has 0 amide bonds. The molecule has 0 atom stereocenters. The zero-order valence-electron chi connectivity index (χ0n) is 19.2. The van der Waals surface area contributed by atoms with E-state index in [0.29, 0.717) is 0 Å². The van der Waals surface area contributed by atoms with Crippen molar-refractivity contribution < 1.29 is 0 Å². The number of hydrogen-bond acceptors (Lipinski definition) is 0. The van der Waals surface area contributed by atoms with Gasteiger partial charge in [-0.3, -0.25) is 0 Å². The second-order valence-electron chi connectivity index (χ2n) is 9.19. The molecular weight excluding hydrogens is 364 g/mol. The Kier molecular flexibility index (Phi) is 10.5. The second kappa shape index (κ2) is 12.9. The highest BCUT2D eigenvalue weighted by molar-refractivity contribution is 6.89. The molecule has 2 aromatic rings. The van der Waals surface area contributed by atoms with Gasteiger partial charge >= 0.3 is 0 Å². The van der Waals surface area contributed by atoms with Crippen molar-refractivity contribution in [1.29, 1.82) is 0 Å². The summed E-state index contributed by atoms with van der Waals surface area (Å²) < 4.78 is 0. The van der Waals surface area contributed by atoms with Gasteiger partial charge in [0, 0.05) is 0 Å². The van der Waals surface area contributed by atoms with E-state index in [-0.39, 0.29) is 0 Å². The fourth-order valence-electron chi connectivity index (χ4n) is 4.24. The van der Waals surface area contributed by atoms with Crippen LogP contribution >= 0.6 is 0 Å². The van der Waals surface area contributed by atoms with Crippen LogP contribution in [0, 0.1) is 0 Å². The Labute approximate surface area is 181 Å². The first-order chi connectivity index (χ1) is 14.1. The minimum atomic E-state index is -1.39. The fourth-order valence-corrected chi connectivity index (χ4v) is 6.76. The van der Waals surface area contributed by atoms with Crippen molar-refractivity contribution in [1.82, 2.24) is 0 Å². The van der Waals surface area contributed by atoms with E-state index in [9.17, 15) is 0 Å². The van der Waals surface area contributed by atoms with Crippen LogP contribution in [0.25, 0.3) is 17.2 Å². The van der Waals surface area contributed by atoms with Gasteiger partial charge in [-0.1, -0.05) is 157 Å². The summed E-state index contributed by atoms with van der Waals surface area (Å²) in [6.07, 6.45) is 16.2. The lowest BCUT2D eigenvalue weighted by molar-refractivity contribution is 0.561. The van der Waals surface area contributed by atoms with Crippen LogP contribution in [0.4, 0.5) is 0 Å². The molecule has 0 aliphatic rings. The summed E-state index contributed by atoms with van der Waals surface area (Å²) in [4.78, 5) is 0. The summed E-state index contributed by atoms with van der Waals surface area (Å²) in [7, 11) is -1.39. The maximum absolute atomic E-state index is 3.99. The molecule has 158 valence electrons. The maximum atomic E-state index is 3.99. The number of benzene rings is 2. The minimum Gasteiger partial charge on any atom is -0.0984 e. The molecule has 0 fully saturated rings. The summed E-state index contributed by atoms with van der Waals surface area (Å²) in [6, 6.07) is 19.3. The summed E-state index contributed by atoms with van der Waals surface area (Å²) in [5.41, 5.74) is 3.86. The summed E-state index contributed by atoms with van der Waals surface area (Å²) in [6.45, 7) is 11.4. The smallest absolute Gasteiger partial charge is 0.0806 e. The van der Waals surface area contributed by atoms with Crippen LogP contribution < -0.4 is 5.19 Å². The van der Waals surface area contributed by atoms with E-state index < -0.39 is 8.07 Å². The predicted octanol–water partition coefficient (Wildman–Crippen LogP) is 8.83. The van der Waals surface area contributed by atoms with Crippen LogP contribution in [-0.4, -0.2) is 8.07 Å². The van der Waals surface area contributed by atoms with E-state index >= 15 is 0 Å². The van der Waals surface area contributed by atoms with E-state index in [0.717, 1.165) is 0 Å². The molecule has 0 saturated heterocycles. The van der Waals surface area contributed by atoms with E-state index in [1.54, 1.807) is 5.19 Å². The van der Waals surface area contributed by atoms with Crippen LogP contribution in [0.5, 0.6) is 0 Å². The van der Waals surface area contributed by atoms with Gasteiger partial charge in [-0.2, -0.15) is 0 Å². The van der Waals surface area contributed by atoms with Crippen molar-refractivity contribution in [3.63, 3.8) is 0 Å². The third-order valence-electron chi connectivity index (χ3n) is 6.29. The molecule has 0 unspecified atom stereocenters. The Morgan fingerprint density at radius 2 is 1.38 bits per heavy atom. The molecule has 0 nitrogen and oxygen atoms in total. The van der Waals surface area contributed by atoms with Gasteiger partial charge in [0.05, 0.1) is 8.07 Å². The van der Waals surface area contributed by atoms with Crippen molar-refractivity contribution in [2.45, 2.75) is 90.3 Å². The molecule has 1 heteroatoms. The first-order valence-electron chi connectivity index (χ1n) is 11.9. The third kappa shape index (κ3) is 7.97. The first kappa shape index (κ1) is 23.7. The summed E-state index contributed by atoms with van der Waals surface area (Å²) in [5.74, 6) is 0. The molecule has 0 bridgehead atoms. The van der Waals surface area contributed by atoms with Crippen LogP contribution in [0.1, 0.15) is 76.7 Å². The van der Waals surface area contributed by atoms with Crippen LogP contribution in [-0.2, 0) is 0 Å². The fraction of sp³-hybridized carbons (Fsp3) is 0.500. The van der Waals surface area contributed by atoms with Gasteiger partial charge in [0.25, 0.3) is 0 Å². The standard InChI is InChI=1S/C28H42Si/c1-5-7-8-9-10-11-12-13-14-17-23-29(3,4)27-21-18-20-26(24-27)28-22-16-15-19-25(28)6-2/h6,15-16,18-22,24H,2,5,7-14,17,23H2,1,3-4H3. The molecular formula is C28H42Si. The van der Waals surface area contributed by atoms with E-state index in [2.05, 4.69) is 75.1 Å². The molecule has 0 spiro atoms. The lowest BCUT2D eigenvalue weighted by atomic mass is 10.00. The number of unbranched alkanes of at least 4 members (excludes halogenated alkanes) is 9. The number of rotatable bonds is 14. The van der Waals surface area contributed by atoms with Crippen molar-refractivity contribution in [2.75, 3.05) is 0 Å². The van der Waals surface area contributed by atoms with Crippen molar-refractivity contribution in [3.05, 3.63) is 60.7 Å². The maximum Gasteiger partial charge on any atom is 0.0806 e. The Morgan fingerprint density at radius 1 is 0.759 bits per heavy atom. The number of hydrogen-bond donors (Lipinski definition) is 0. The van der Waals surface area contributed by atoms with Crippen LogP contribution in [0.15, 0.2) is 55.1 Å². The summed E-state index contributed by atoms with van der Waals surface area (Å²) >= 11 is 0. The van der Waals surface area contributed by atoms with Gasteiger partial charge in [-0.05, 0) is 16.7 Å². The SMILES string of the molecule is C=Cc1ccccc1-c1cccc([Si](C)(C)CCCCCCCCCCCC)c1. The Bertz CT molecular complexity index is 729. The van der Waals surface area contributed by atoms with Gasteiger partial charge in [0.2, 0.25) is 0 Å². The third-order valence-corrected chi connectivity index (χ3v) is 9.77. The van der Waals surface area contributed by atoms with Gasteiger partial charge in [0.1, 0.15) is 0 Å². The highest BCUT2D eigenvalue weighted by atomic mass is 28.3. The average molecular weight is 407 g/mol. The Hall–Kier alpha value is -1.60. The largest absolute Gasteiger partial charge is 0.0984 e.